The fourth-order valence-electron chi connectivity index (χ4n) is 4.99. The topological polar surface area (TPSA) is 123 Å². The number of carbonyl (C=O) groups is 1. The molecule has 10 nitrogen and oxygen atoms in total. The van der Waals surface area contributed by atoms with Crippen molar-refractivity contribution in [1.82, 2.24) is 25.5 Å². The summed E-state index contributed by atoms with van der Waals surface area (Å²) in [6.45, 7) is 4.22. The number of ether oxygens (including phenoxy) is 3. The zero-order valence-corrected chi connectivity index (χ0v) is 20.5. The molecule has 0 bridgehead atoms. The molecule has 190 valence electrons. The first-order chi connectivity index (χ1) is 17.5. The summed E-state index contributed by atoms with van der Waals surface area (Å²) in [5, 5.41) is 14.8. The SMILES string of the molecule is CC1(NC(=O)O[C@@H]2CC[C@H](c3cc(Nc4nccc5c(OCC6CCOC6)ccnc45)n[nH]3)C2)CC1. The average molecular weight is 493 g/mol. The van der Waals surface area contributed by atoms with Gasteiger partial charge in [0.05, 0.1) is 13.2 Å². The average Bonchev–Trinajstić information content (AvgIpc) is 3.34. The molecule has 3 fully saturated rings. The molecule has 0 radical (unpaired) electrons. The van der Waals surface area contributed by atoms with Crippen molar-refractivity contribution >= 4 is 28.6 Å². The largest absolute Gasteiger partial charge is 0.492 e. The Morgan fingerprint density at radius 3 is 2.94 bits per heavy atom. The Kier molecular flexibility index (Phi) is 6.12. The van der Waals surface area contributed by atoms with E-state index in [0.29, 0.717) is 24.2 Å². The van der Waals surface area contributed by atoms with Crippen LogP contribution >= 0.6 is 0 Å². The number of alkyl carbamates (subject to hydrolysis) is 1. The number of amides is 1. The number of aromatic amines is 1. The zero-order valence-electron chi connectivity index (χ0n) is 20.5. The van der Waals surface area contributed by atoms with Crippen molar-refractivity contribution in [3.63, 3.8) is 0 Å². The number of nitrogens with zero attached hydrogens (tertiary/aromatic N) is 3. The highest BCUT2D eigenvalue weighted by Gasteiger charge is 2.40. The molecule has 0 aromatic carbocycles. The highest BCUT2D eigenvalue weighted by atomic mass is 16.6. The number of H-pyrrole nitrogens is 1. The summed E-state index contributed by atoms with van der Waals surface area (Å²) >= 11 is 0. The second kappa shape index (κ2) is 9.57. The summed E-state index contributed by atoms with van der Waals surface area (Å²) < 4.78 is 17.2. The van der Waals surface area contributed by atoms with Gasteiger partial charge in [-0.15, -0.1) is 0 Å². The third-order valence-corrected chi connectivity index (χ3v) is 7.46. The van der Waals surface area contributed by atoms with Crippen LogP contribution < -0.4 is 15.4 Å². The van der Waals surface area contributed by atoms with Crippen molar-refractivity contribution in [1.29, 1.82) is 0 Å². The lowest BCUT2D eigenvalue weighted by atomic mass is 10.0. The molecule has 2 saturated carbocycles. The Labute approximate surface area is 209 Å². The van der Waals surface area contributed by atoms with E-state index < -0.39 is 0 Å². The van der Waals surface area contributed by atoms with E-state index in [1.54, 1.807) is 12.4 Å². The van der Waals surface area contributed by atoms with Gasteiger partial charge in [-0.1, -0.05) is 0 Å². The molecule has 0 spiro atoms. The van der Waals surface area contributed by atoms with E-state index in [4.69, 9.17) is 14.2 Å². The predicted molar refractivity (Wildman–Crippen MR) is 133 cm³/mol. The van der Waals surface area contributed by atoms with E-state index in [2.05, 4.69) is 30.8 Å². The first-order valence-electron chi connectivity index (χ1n) is 12.8. The molecule has 2 aliphatic carbocycles. The molecule has 6 rings (SSSR count). The second-order valence-corrected chi connectivity index (χ2v) is 10.5. The maximum Gasteiger partial charge on any atom is 0.407 e. The number of anilines is 2. The molecule has 1 unspecified atom stereocenters. The highest BCUT2D eigenvalue weighted by Crippen LogP contribution is 2.38. The van der Waals surface area contributed by atoms with Crippen LogP contribution in [0.2, 0.25) is 0 Å². The van der Waals surface area contributed by atoms with Gasteiger partial charge in [0.1, 0.15) is 17.4 Å². The van der Waals surface area contributed by atoms with Crippen LogP contribution in [0.25, 0.3) is 10.9 Å². The lowest BCUT2D eigenvalue weighted by Gasteiger charge is -2.16. The third kappa shape index (κ3) is 5.09. The molecule has 3 N–H and O–H groups in total. The van der Waals surface area contributed by atoms with E-state index in [1.165, 1.54) is 0 Å². The van der Waals surface area contributed by atoms with Gasteiger partial charge in [0.25, 0.3) is 0 Å². The molecule has 3 aromatic heterocycles. The smallest absolute Gasteiger partial charge is 0.407 e. The van der Waals surface area contributed by atoms with Crippen molar-refractivity contribution in [3.05, 3.63) is 36.3 Å². The summed E-state index contributed by atoms with van der Waals surface area (Å²) in [6.07, 6.45) is 8.75. The van der Waals surface area contributed by atoms with E-state index >= 15 is 0 Å². The highest BCUT2D eigenvalue weighted by molar-refractivity contribution is 5.93. The number of hydrogen-bond acceptors (Lipinski definition) is 8. The van der Waals surface area contributed by atoms with E-state index in [-0.39, 0.29) is 23.7 Å². The molecule has 4 heterocycles. The lowest BCUT2D eigenvalue weighted by Crippen LogP contribution is -2.36. The predicted octanol–water partition coefficient (Wildman–Crippen LogP) is 4.43. The first kappa shape index (κ1) is 23.0. The Morgan fingerprint density at radius 1 is 1.22 bits per heavy atom. The normalized spacial score (nSPS) is 24.5. The summed E-state index contributed by atoms with van der Waals surface area (Å²) in [5.41, 5.74) is 1.68. The van der Waals surface area contributed by atoms with Gasteiger partial charge in [0.2, 0.25) is 0 Å². The van der Waals surface area contributed by atoms with Gasteiger partial charge in [0, 0.05) is 53.5 Å². The van der Waals surface area contributed by atoms with Crippen LogP contribution in [0.1, 0.15) is 57.1 Å². The molecule has 10 heteroatoms. The van der Waals surface area contributed by atoms with Crippen LogP contribution in [0.5, 0.6) is 5.75 Å². The van der Waals surface area contributed by atoms with Crippen LogP contribution in [0.15, 0.2) is 30.6 Å². The number of hydrogen-bond donors (Lipinski definition) is 3. The van der Waals surface area contributed by atoms with Gasteiger partial charge in [-0.3, -0.25) is 10.1 Å². The Morgan fingerprint density at radius 2 is 2.11 bits per heavy atom. The molecule has 3 aliphatic rings. The molecule has 36 heavy (non-hydrogen) atoms. The molecule has 3 atom stereocenters. The van der Waals surface area contributed by atoms with Crippen LogP contribution in [0.3, 0.4) is 0 Å². The maximum atomic E-state index is 12.2. The summed E-state index contributed by atoms with van der Waals surface area (Å²) in [4.78, 5) is 21.2. The van der Waals surface area contributed by atoms with E-state index in [9.17, 15) is 4.79 Å². The van der Waals surface area contributed by atoms with Crippen molar-refractivity contribution in [2.75, 3.05) is 25.1 Å². The molecular formula is C26H32N6O4. The van der Waals surface area contributed by atoms with Gasteiger partial charge in [0.15, 0.2) is 11.6 Å². The van der Waals surface area contributed by atoms with Crippen molar-refractivity contribution < 1.29 is 19.0 Å². The number of fused-ring (bicyclic) bond motifs is 1. The van der Waals surface area contributed by atoms with Crippen molar-refractivity contribution in [2.45, 2.75) is 63.0 Å². The van der Waals surface area contributed by atoms with Crippen LogP contribution in [0, 0.1) is 5.92 Å². The fraction of sp³-hybridized carbons (Fsp3) is 0.538. The van der Waals surface area contributed by atoms with Gasteiger partial charge < -0.3 is 24.8 Å². The van der Waals surface area contributed by atoms with Gasteiger partial charge in [-0.25, -0.2) is 9.78 Å². The molecule has 1 saturated heterocycles. The number of pyridine rings is 2. The summed E-state index contributed by atoms with van der Waals surface area (Å²) in [6, 6.07) is 5.81. The molecule has 1 amide bonds. The van der Waals surface area contributed by atoms with E-state index in [0.717, 1.165) is 74.1 Å². The van der Waals surface area contributed by atoms with Gasteiger partial charge in [-0.2, -0.15) is 5.10 Å². The fourth-order valence-corrected chi connectivity index (χ4v) is 4.99. The monoisotopic (exact) mass is 492 g/mol. The lowest BCUT2D eigenvalue weighted by molar-refractivity contribution is 0.0967. The minimum absolute atomic E-state index is 0.0681. The Bertz CT molecular complexity index is 1240. The molecule has 3 aromatic rings. The standard InChI is InChI=1S/C26H32N6O4/c1-26(7-8-26)30-25(33)36-18-3-2-17(12-18)20-13-22(32-31-20)29-24-23-19(4-9-28-24)21(5-10-27-23)35-15-16-6-11-34-14-16/h4-5,9-10,13,16-18H,2-3,6-8,11-12,14-15H2,1H3,(H,30,33)(H2,28,29,31,32)/t16?,17-,18+/m0/s1. The Balaban J connectivity index is 1.09. The minimum atomic E-state index is -0.304. The van der Waals surface area contributed by atoms with E-state index in [1.807, 2.05) is 25.1 Å². The first-order valence-corrected chi connectivity index (χ1v) is 12.8. The molecule has 1 aliphatic heterocycles. The zero-order chi connectivity index (χ0) is 24.5. The van der Waals surface area contributed by atoms with Crippen molar-refractivity contribution in [3.8, 4) is 5.75 Å². The quantitative estimate of drug-likeness (QED) is 0.422. The second-order valence-electron chi connectivity index (χ2n) is 10.5. The number of aromatic nitrogens is 4. The number of carbonyl (C=O) groups excluding carboxylic acids is 1. The maximum absolute atomic E-state index is 12.2. The number of nitrogens with one attached hydrogen (secondary N) is 3. The van der Waals surface area contributed by atoms with Gasteiger partial charge >= 0.3 is 6.09 Å². The minimum Gasteiger partial charge on any atom is -0.492 e. The Hall–Kier alpha value is -3.40. The molecular weight excluding hydrogens is 460 g/mol. The van der Waals surface area contributed by atoms with Crippen molar-refractivity contribution in [2.24, 2.45) is 5.92 Å². The van der Waals surface area contributed by atoms with Crippen LogP contribution in [0.4, 0.5) is 16.4 Å². The summed E-state index contributed by atoms with van der Waals surface area (Å²) in [5.74, 6) is 2.77. The third-order valence-electron chi connectivity index (χ3n) is 7.46. The number of rotatable bonds is 8. The van der Waals surface area contributed by atoms with Gasteiger partial charge in [-0.05, 0) is 57.6 Å². The van der Waals surface area contributed by atoms with Crippen LogP contribution in [-0.2, 0) is 9.47 Å². The van der Waals surface area contributed by atoms with Crippen LogP contribution in [-0.4, -0.2) is 57.7 Å². The summed E-state index contributed by atoms with van der Waals surface area (Å²) in [7, 11) is 0.